The molecule has 2 fully saturated rings. The van der Waals surface area contributed by atoms with Crippen molar-refractivity contribution in [3.8, 4) is 0 Å². The van der Waals surface area contributed by atoms with Gasteiger partial charge in [0.1, 0.15) is 0 Å². The van der Waals surface area contributed by atoms with Crippen molar-refractivity contribution in [3.05, 3.63) is 41.5 Å². The zero-order chi connectivity index (χ0) is 16.6. The van der Waals surface area contributed by atoms with Crippen LogP contribution in [0.1, 0.15) is 54.4 Å². The van der Waals surface area contributed by atoms with Gasteiger partial charge in [0, 0.05) is 30.2 Å². The molecule has 0 radical (unpaired) electrons. The zero-order valence-corrected chi connectivity index (χ0v) is 14.0. The molecular formula is C20H25NO3. The number of nitrogens with one attached hydrogen (secondary N) is 1. The lowest BCUT2D eigenvalue weighted by Gasteiger charge is -2.55. The lowest BCUT2D eigenvalue weighted by Crippen LogP contribution is -2.65. The fraction of sp³-hybridized carbons (Fsp3) is 0.550. The molecule has 1 saturated carbocycles. The van der Waals surface area contributed by atoms with E-state index in [1.54, 1.807) is 0 Å². The Balaban J connectivity index is 1.42. The average molecular weight is 327 g/mol. The minimum atomic E-state index is -0.316. The summed E-state index contributed by atoms with van der Waals surface area (Å²) < 4.78 is 5.42. The fourth-order valence-electron chi connectivity index (χ4n) is 4.41. The summed E-state index contributed by atoms with van der Waals surface area (Å²) in [5.41, 5.74) is 3.14. The molecule has 1 aromatic rings. The largest absolute Gasteiger partial charge is 0.392 e. The molecule has 1 aliphatic heterocycles. The van der Waals surface area contributed by atoms with Gasteiger partial charge in [0.25, 0.3) is 5.91 Å². The van der Waals surface area contributed by atoms with E-state index >= 15 is 0 Å². The number of ether oxygens (including phenoxy) is 1. The van der Waals surface area contributed by atoms with Crippen LogP contribution in [-0.2, 0) is 4.74 Å². The quantitative estimate of drug-likeness (QED) is 0.897. The maximum Gasteiger partial charge on any atom is 0.251 e. The van der Waals surface area contributed by atoms with E-state index in [1.165, 1.54) is 17.6 Å². The first kappa shape index (κ1) is 15.9. The van der Waals surface area contributed by atoms with Gasteiger partial charge in [-0.1, -0.05) is 18.2 Å². The Hall–Kier alpha value is -1.65. The normalized spacial score (nSPS) is 28.3. The number of aliphatic hydroxyl groups is 1. The number of carbonyl (C=O) groups is 1. The minimum absolute atomic E-state index is 0.0373. The van der Waals surface area contributed by atoms with Crippen molar-refractivity contribution in [1.82, 2.24) is 5.32 Å². The number of benzene rings is 1. The molecule has 1 saturated heterocycles. The summed E-state index contributed by atoms with van der Waals surface area (Å²) in [4.78, 5) is 12.6. The number of rotatable bonds is 3. The van der Waals surface area contributed by atoms with Crippen molar-refractivity contribution in [1.29, 1.82) is 0 Å². The van der Waals surface area contributed by atoms with E-state index in [9.17, 15) is 9.90 Å². The van der Waals surface area contributed by atoms with E-state index in [1.807, 2.05) is 24.3 Å². The second kappa shape index (κ2) is 6.34. The Labute approximate surface area is 142 Å². The molecule has 4 heteroatoms. The van der Waals surface area contributed by atoms with Crippen LogP contribution in [0.15, 0.2) is 30.3 Å². The van der Waals surface area contributed by atoms with Crippen LogP contribution in [-0.4, -0.2) is 36.4 Å². The smallest absolute Gasteiger partial charge is 0.251 e. The number of amides is 1. The van der Waals surface area contributed by atoms with Crippen molar-refractivity contribution >= 4 is 11.5 Å². The van der Waals surface area contributed by atoms with Crippen LogP contribution < -0.4 is 5.32 Å². The second-order valence-corrected chi connectivity index (χ2v) is 7.32. The second-order valence-electron chi connectivity index (χ2n) is 7.32. The van der Waals surface area contributed by atoms with Gasteiger partial charge >= 0.3 is 0 Å². The maximum absolute atomic E-state index is 12.6. The Kier molecular flexibility index (Phi) is 4.19. The van der Waals surface area contributed by atoms with E-state index in [4.69, 9.17) is 4.74 Å². The summed E-state index contributed by atoms with van der Waals surface area (Å²) >= 11 is 0. The van der Waals surface area contributed by atoms with Gasteiger partial charge in [0.05, 0.1) is 6.10 Å². The van der Waals surface area contributed by atoms with E-state index in [0.717, 1.165) is 25.7 Å². The number of allylic oxidation sites excluding steroid dienone is 2. The topological polar surface area (TPSA) is 58.6 Å². The van der Waals surface area contributed by atoms with Crippen LogP contribution in [0.25, 0.3) is 5.57 Å². The van der Waals surface area contributed by atoms with Gasteiger partial charge < -0.3 is 15.2 Å². The highest BCUT2D eigenvalue weighted by molar-refractivity contribution is 5.94. The Bertz CT molecular complexity index is 643. The molecule has 0 unspecified atom stereocenters. The summed E-state index contributed by atoms with van der Waals surface area (Å²) in [5.74, 6) is -0.0373. The summed E-state index contributed by atoms with van der Waals surface area (Å²) in [7, 11) is 0. The maximum atomic E-state index is 12.6. The van der Waals surface area contributed by atoms with E-state index in [-0.39, 0.29) is 23.5 Å². The molecule has 4 rings (SSSR count). The number of carbonyl (C=O) groups excluding carboxylic acids is 1. The molecule has 1 heterocycles. The highest BCUT2D eigenvalue weighted by Gasteiger charge is 2.55. The molecular weight excluding hydrogens is 302 g/mol. The summed E-state index contributed by atoms with van der Waals surface area (Å²) in [6, 6.07) is 7.98. The van der Waals surface area contributed by atoms with Gasteiger partial charge in [-0.05, 0) is 61.8 Å². The van der Waals surface area contributed by atoms with Crippen LogP contribution in [0.2, 0.25) is 0 Å². The van der Waals surface area contributed by atoms with Crippen molar-refractivity contribution in [2.24, 2.45) is 5.41 Å². The molecule has 128 valence electrons. The Morgan fingerprint density at radius 2 is 1.96 bits per heavy atom. The van der Waals surface area contributed by atoms with Gasteiger partial charge in [-0.25, -0.2) is 0 Å². The summed E-state index contributed by atoms with van der Waals surface area (Å²) in [5, 5.41) is 13.4. The molecule has 2 atom stereocenters. The predicted octanol–water partition coefficient (Wildman–Crippen LogP) is 2.91. The zero-order valence-electron chi connectivity index (χ0n) is 14.0. The van der Waals surface area contributed by atoms with Crippen LogP contribution in [0.5, 0.6) is 0 Å². The third-order valence-electron chi connectivity index (χ3n) is 6.10. The average Bonchev–Trinajstić information content (AvgIpc) is 3.17. The van der Waals surface area contributed by atoms with Crippen molar-refractivity contribution < 1.29 is 14.6 Å². The summed E-state index contributed by atoms with van der Waals surface area (Å²) in [6.07, 6.45) is 7.80. The first-order valence-electron chi connectivity index (χ1n) is 9.05. The SMILES string of the molecule is O=C(N[C@@H]1C[C@@H](O)C12CCOCC2)c1ccc(C2=CCCC2)cc1. The van der Waals surface area contributed by atoms with Crippen LogP contribution in [0.3, 0.4) is 0 Å². The lowest BCUT2D eigenvalue weighted by molar-refractivity contribution is -0.145. The van der Waals surface area contributed by atoms with Crippen molar-refractivity contribution in [2.75, 3.05) is 13.2 Å². The van der Waals surface area contributed by atoms with Gasteiger partial charge in [0.2, 0.25) is 0 Å². The van der Waals surface area contributed by atoms with Gasteiger partial charge in [-0.15, -0.1) is 0 Å². The number of hydrogen-bond donors (Lipinski definition) is 2. The van der Waals surface area contributed by atoms with E-state index in [0.29, 0.717) is 25.2 Å². The molecule has 0 aromatic heterocycles. The lowest BCUT2D eigenvalue weighted by atomic mass is 9.58. The predicted molar refractivity (Wildman–Crippen MR) is 92.6 cm³/mol. The third kappa shape index (κ3) is 2.68. The molecule has 24 heavy (non-hydrogen) atoms. The number of hydrogen-bond acceptors (Lipinski definition) is 3. The minimum Gasteiger partial charge on any atom is -0.392 e. The molecule has 4 nitrogen and oxygen atoms in total. The Morgan fingerprint density at radius 1 is 1.21 bits per heavy atom. The Morgan fingerprint density at radius 3 is 2.58 bits per heavy atom. The molecule has 0 bridgehead atoms. The van der Waals surface area contributed by atoms with Gasteiger partial charge in [-0.2, -0.15) is 0 Å². The molecule has 2 N–H and O–H groups in total. The van der Waals surface area contributed by atoms with Crippen LogP contribution in [0.4, 0.5) is 0 Å². The van der Waals surface area contributed by atoms with Gasteiger partial charge in [-0.3, -0.25) is 4.79 Å². The van der Waals surface area contributed by atoms with Crippen molar-refractivity contribution in [2.45, 2.75) is 50.7 Å². The first-order valence-corrected chi connectivity index (χ1v) is 9.05. The molecule has 1 spiro atoms. The van der Waals surface area contributed by atoms with E-state index in [2.05, 4.69) is 11.4 Å². The highest BCUT2D eigenvalue weighted by Crippen LogP contribution is 2.49. The van der Waals surface area contributed by atoms with E-state index < -0.39 is 0 Å². The number of aliphatic hydroxyl groups excluding tert-OH is 1. The third-order valence-corrected chi connectivity index (χ3v) is 6.10. The highest BCUT2D eigenvalue weighted by atomic mass is 16.5. The molecule has 1 amide bonds. The first-order chi connectivity index (χ1) is 11.7. The van der Waals surface area contributed by atoms with Crippen LogP contribution >= 0.6 is 0 Å². The standard InChI is InChI=1S/C20H25NO3/c22-18-13-17(20(18)9-11-24-12-10-20)21-19(23)16-7-5-15(6-8-16)14-3-1-2-4-14/h3,5-8,17-18,22H,1-2,4,9-13H2,(H,21,23)/t17-,18-/m1/s1. The van der Waals surface area contributed by atoms with Crippen LogP contribution in [0, 0.1) is 5.41 Å². The summed E-state index contributed by atoms with van der Waals surface area (Å²) in [6.45, 7) is 1.35. The molecule has 2 aliphatic carbocycles. The molecule has 1 aromatic carbocycles. The fourth-order valence-corrected chi connectivity index (χ4v) is 4.41. The monoisotopic (exact) mass is 327 g/mol. The van der Waals surface area contributed by atoms with Gasteiger partial charge in [0.15, 0.2) is 0 Å². The van der Waals surface area contributed by atoms with Crippen molar-refractivity contribution in [3.63, 3.8) is 0 Å². The molecule has 3 aliphatic rings.